The van der Waals surface area contributed by atoms with Crippen LogP contribution in [0, 0.1) is 0 Å². The molecule has 0 unspecified atom stereocenters. The number of hydrogen-bond acceptors (Lipinski definition) is 3. The molecule has 0 saturated carbocycles. The fourth-order valence-corrected chi connectivity index (χ4v) is 2.87. The Balaban J connectivity index is 2.01. The molecule has 86 valence electrons. The summed E-state index contributed by atoms with van der Waals surface area (Å²) >= 11 is 1.83. The first-order chi connectivity index (χ1) is 7.79. The van der Waals surface area contributed by atoms with Crippen molar-refractivity contribution in [1.82, 2.24) is 9.21 Å². The van der Waals surface area contributed by atoms with E-state index in [9.17, 15) is 0 Å². The molecule has 0 N–H and O–H groups in total. The Hall–Kier alpha value is -0.770. The van der Waals surface area contributed by atoms with Crippen LogP contribution < -0.4 is 0 Å². The molecular weight excluding hydrogens is 216 g/mol. The fraction of sp³-hybridized carbons (Fsp3) is 0.385. The van der Waals surface area contributed by atoms with Crippen LogP contribution in [-0.2, 0) is 0 Å². The van der Waals surface area contributed by atoms with Gasteiger partial charge in [0.25, 0.3) is 0 Å². The zero-order chi connectivity index (χ0) is 11.4. The molecule has 0 spiro atoms. The number of rotatable bonds is 3. The molecule has 1 heterocycles. The lowest BCUT2D eigenvalue weighted by molar-refractivity contribution is 0.196. The molecule has 0 aliphatic carbocycles. The molecule has 1 aliphatic rings. The van der Waals surface area contributed by atoms with Crippen LogP contribution in [0.5, 0.6) is 0 Å². The molecule has 3 heteroatoms. The molecule has 1 aromatic carbocycles. The second kappa shape index (κ2) is 5.53. The Morgan fingerprint density at radius 3 is 2.75 bits per heavy atom. The van der Waals surface area contributed by atoms with Crippen molar-refractivity contribution in [2.45, 2.75) is 10.9 Å². The summed E-state index contributed by atoms with van der Waals surface area (Å²) in [7, 11) is 2.17. The number of hydrogen-bond donors (Lipinski definition) is 0. The van der Waals surface area contributed by atoms with Gasteiger partial charge in [-0.15, -0.1) is 6.58 Å². The van der Waals surface area contributed by atoms with Gasteiger partial charge in [0, 0.05) is 24.5 Å². The van der Waals surface area contributed by atoms with E-state index in [-0.39, 0.29) is 0 Å². The monoisotopic (exact) mass is 234 g/mol. The van der Waals surface area contributed by atoms with Crippen LogP contribution in [0.25, 0.3) is 0 Å². The van der Waals surface area contributed by atoms with Crippen molar-refractivity contribution < 1.29 is 0 Å². The maximum Gasteiger partial charge on any atom is 0.0511 e. The van der Waals surface area contributed by atoms with Crippen LogP contribution in [0.1, 0.15) is 0 Å². The third kappa shape index (κ3) is 2.88. The summed E-state index contributed by atoms with van der Waals surface area (Å²) in [5.74, 6) is 0. The van der Waals surface area contributed by atoms with Gasteiger partial charge in [0.05, 0.1) is 6.04 Å². The largest absolute Gasteiger partial charge is 0.303 e. The minimum atomic E-state index is 0.448. The van der Waals surface area contributed by atoms with Crippen LogP contribution in [0.3, 0.4) is 0 Å². The van der Waals surface area contributed by atoms with Crippen LogP contribution in [-0.4, -0.2) is 41.9 Å². The van der Waals surface area contributed by atoms with Gasteiger partial charge in [-0.25, -0.2) is 4.31 Å². The van der Waals surface area contributed by atoms with E-state index >= 15 is 0 Å². The van der Waals surface area contributed by atoms with Crippen LogP contribution in [0.15, 0.2) is 47.9 Å². The van der Waals surface area contributed by atoms with E-state index < -0.39 is 0 Å². The first-order valence-electron chi connectivity index (χ1n) is 5.60. The molecule has 2 rings (SSSR count). The Labute approximate surface area is 102 Å². The molecular formula is C13H18N2S. The lowest BCUT2D eigenvalue weighted by Crippen LogP contribution is -2.47. The zero-order valence-electron chi connectivity index (χ0n) is 9.67. The minimum Gasteiger partial charge on any atom is -0.303 e. The van der Waals surface area contributed by atoms with Gasteiger partial charge in [-0.3, -0.25) is 0 Å². The molecule has 1 atom stereocenters. The molecule has 0 aromatic heterocycles. The molecule has 1 fully saturated rings. The van der Waals surface area contributed by atoms with Crippen molar-refractivity contribution in [2.24, 2.45) is 0 Å². The summed E-state index contributed by atoms with van der Waals surface area (Å²) < 4.78 is 2.42. The Kier molecular flexibility index (Phi) is 4.04. The van der Waals surface area contributed by atoms with Crippen molar-refractivity contribution in [2.75, 3.05) is 26.7 Å². The number of benzene rings is 1. The number of likely N-dealkylation sites (N-methyl/N-ethyl adjacent to an activating group) is 1. The molecule has 0 amide bonds. The smallest absolute Gasteiger partial charge is 0.0511 e. The van der Waals surface area contributed by atoms with E-state index in [1.165, 1.54) is 4.90 Å². The highest BCUT2D eigenvalue weighted by molar-refractivity contribution is 7.97. The van der Waals surface area contributed by atoms with Crippen LogP contribution in [0.2, 0.25) is 0 Å². The zero-order valence-corrected chi connectivity index (χ0v) is 10.5. The summed E-state index contributed by atoms with van der Waals surface area (Å²) in [5.41, 5.74) is 0. The summed E-state index contributed by atoms with van der Waals surface area (Å²) in [6.07, 6.45) is 2.05. The van der Waals surface area contributed by atoms with E-state index in [0.717, 1.165) is 19.6 Å². The highest BCUT2D eigenvalue weighted by atomic mass is 32.2. The van der Waals surface area contributed by atoms with E-state index in [1.54, 1.807) is 0 Å². The van der Waals surface area contributed by atoms with Crippen LogP contribution >= 0.6 is 11.9 Å². The second-order valence-electron chi connectivity index (χ2n) is 4.11. The SMILES string of the molecule is C=C[C@H]1CN(C)CCN1Sc1ccccc1. The van der Waals surface area contributed by atoms with E-state index in [4.69, 9.17) is 0 Å². The van der Waals surface area contributed by atoms with E-state index in [2.05, 4.69) is 53.2 Å². The minimum absolute atomic E-state index is 0.448. The summed E-state index contributed by atoms with van der Waals surface area (Å²) in [4.78, 5) is 3.66. The van der Waals surface area contributed by atoms with Crippen molar-refractivity contribution in [3.63, 3.8) is 0 Å². The van der Waals surface area contributed by atoms with Crippen molar-refractivity contribution in [3.8, 4) is 0 Å². The van der Waals surface area contributed by atoms with Gasteiger partial charge < -0.3 is 4.90 Å². The second-order valence-corrected chi connectivity index (χ2v) is 5.23. The Bertz CT molecular complexity index is 339. The van der Waals surface area contributed by atoms with Gasteiger partial charge in [0.2, 0.25) is 0 Å². The maximum atomic E-state index is 3.93. The van der Waals surface area contributed by atoms with E-state index in [0.29, 0.717) is 6.04 Å². The highest BCUT2D eigenvalue weighted by Crippen LogP contribution is 2.26. The number of nitrogens with zero attached hydrogens (tertiary/aromatic N) is 2. The third-order valence-electron chi connectivity index (χ3n) is 2.81. The summed E-state index contributed by atoms with van der Waals surface area (Å²) in [6, 6.07) is 11.0. The summed E-state index contributed by atoms with van der Waals surface area (Å²) in [5, 5.41) is 0. The summed E-state index contributed by atoms with van der Waals surface area (Å²) in [6.45, 7) is 7.22. The topological polar surface area (TPSA) is 6.48 Å². The molecule has 0 radical (unpaired) electrons. The maximum absolute atomic E-state index is 3.93. The van der Waals surface area contributed by atoms with Gasteiger partial charge in [-0.1, -0.05) is 24.3 Å². The van der Waals surface area contributed by atoms with Crippen molar-refractivity contribution in [1.29, 1.82) is 0 Å². The predicted molar refractivity (Wildman–Crippen MR) is 70.5 cm³/mol. The molecule has 16 heavy (non-hydrogen) atoms. The molecule has 1 aliphatic heterocycles. The average Bonchev–Trinajstić information content (AvgIpc) is 2.33. The lowest BCUT2D eigenvalue weighted by atomic mass is 10.2. The Morgan fingerprint density at radius 2 is 2.06 bits per heavy atom. The molecule has 2 nitrogen and oxygen atoms in total. The molecule has 0 bridgehead atoms. The quantitative estimate of drug-likeness (QED) is 0.586. The van der Waals surface area contributed by atoms with Crippen molar-refractivity contribution in [3.05, 3.63) is 43.0 Å². The van der Waals surface area contributed by atoms with Gasteiger partial charge >= 0.3 is 0 Å². The van der Waals surface area contributed by atoms with Crippen molar-refractivity contribution >= 4 is 11.9 Å². The average molecular weight is 234 g/mol. The predicted octanol–water partition coefficient (Wildman–Crippen LogP) is 2.50. The third-order valence-corrected chi connectivity index (χ3v) is 3.98. The standard InChI is InChI=1S/C13H18N2S/c1-3-12-11-14(2)9-10-15(12)16-13-7-5-4-6-8-13/h3-8,12H,1,9-11H2,2H3/t12-/m0/s1. The molecule has 1 saturated heterocycles. The van der Waals surface area contributed by atoms with Gasteiger partial charge in [0.1, 0.15) is 0 Å². The first kappa shape index (κ1) is 11.7. The lowest BCUT2D eigenvalue weighted by Gasteiger charge is -2.37. The molecule has 1 aromatic rings. The van der Waals surface area contributed by atoms with Gasteiger partial charge in [0.15, 0.2) is 0 Å². The van der Waals surface area contributed by atoms with Crippen LogP contribution in [0.4, 0.5) is 0 Å². The van der Waals surface area contributed by atoms with Gasteiger partial charge in [-0.05, 0) is 31.1 Å². The van der Waals surface area contributed by atoms with Gasteiger partial charge in [-0.2, -0.15) is 0 Å². The fourth-order valence-electron chi connectivity index (χ4n) is 1.86. The highest BCUT2D eigenvalue weighted by Gasteiger charge is 2.23. The Morgan fingerprint density at radius 1 is 1.31 bits per heavy atom. The first-order valence-corrected chi connectivity index (χ1v) is 6.37. The number of piperazine rings is 1. The van der Waals surface area contributed by atoms with E-state index in [1.807, 2.05) is 18.0 Å². The normalized spacial score (nSPS) is 23.2.